The number of fused-ring (bicyclic) bond motifs is 2. The van der Waals surface area contributed by atoms with E-state index in [2.05, 4.69) is 0 Å². The van der Waals surface area contributed by atoms with Gasteiger partial charge in [0.2, 0.25) is 14.9 Å². The van der Waals surface area contributed by atoms with Crippen molar-refractivity contribution in [2.75, 3.05) is 10.6 Å². The van der Waals surface area contributed by atoms with Gasteiger partial charge in [-0.3, -0.25) is 0 Å². The molecule has 112 valence electrons. The number of rotatable bonds is 2. The molecule has 1 aromatic heterocycles. The molecule has 1 aliphatic rings. The fraction of sp³-hybridized carbons (Fsp3) is 0.333. The highest BCUT2D eigenvalue weighted by Gasteiger charge is 2.40. The van der Waals surface area contributed by atoms with Gasteiger partial charge < -0.3 is 15.1 Å². The van der Waals surface area contributed by atoms with Gasteiger partial charge in [-0.2, -0.15) is 0 Å². The lowest BCUT2D eigenvalue weighted by atomic mass is 10.2. The second-order valence-corrected chi connectivity index (χ2v) is 7.18. The number of sulfone groups is 1. The monoisotopic (exact) mass is 306 g/mol. The van der Waals surface area contributed by atoms with E-state index in [1.54, 1.807) is 18.2 Å². The van der Waals surface area contributed by atoms with E-state index >= 15 is 0 Å². The van der Waals surface area contributed by atoms with E-state index in [1.807, 2.05) is 31.7 Å². The van der Waals surface area contributed by atoms with Crippen LogP contribution in [0, 0.1) is 0 Å². The SMILES string of the molecule is CCc1oc2c(c1N)N(C(C)C)c1ccccc1S2(=O)=O. The van der Waals surface area contributed by atoms with Crippen LogP contribution in [0.15, 0.2) is 38.7 Å². The quantitative estimate of drug-likeness (QED) is 0.922. The summed E-state index contributed by atoms with van der Waals surface area (Å²) < 4.78 is 31.1. The maximum atomic E-state index is 12.8. The van der Waals surface area contributed by atoms with E-state index in [4.69, 9.17) is 10.2 Å². The lowest BCUT2D eigenvalue weighted by molar-refractivity contribution is 0.416. The van der Waals surface area contributed by atoms with Gasteiger partial charge in [0.15, 0.2) is 0 Å². The average Bonchev–Trinajstić information content (AvgIpc) is 2.77. The molecule has 0 bridgehead atoms. The zero-order valence-corrected chi connectivity index (χ0v) is 13.1. The lowest BCUT2D eigenvalue weighted by Gasteiger charge is -2.33. The summed E-state index contributed by atoms with van der Waals surface area (Å²) in [6.45, 7) is 5.88. The molecule has 0 spiro atoms. The van der Waals surface area contributed by atoms with Crippen LogP contribution in [0.5, 0.6) is 0 Å². The number of hydrogen-bond donors (Lipinski definition) is 1. The van der Waals surface area contributed by atoms with Crippen LogP contribution in [0.2, 0.25) is 0 Å². The van der Waals surface area contributed by atoms with E-state index in [-0.39, 0.29) is 16.0 Å². The number of nitrogen functional groups attached to an aromatic ring is 1. The first-order valence-electron chi connectivity index (χ1n) is 6.94. The van der Waals surface area contributed by atoms with Gasteiger partial charge in [-0.15, -0.1) is 0 Å². The van der Waals surface area contributed by atoms with Gasteiger partial charge in [0.1, 0.15) is 11.4 Å². The van der Waals surface area contributed by atoms with Crippen molar-refractivity contribution in [3.63, 3.8) is 0 Å². The van der Waals surface area contributed by atoms with Crippen LogP contribution in [0.1, 0.15) is 26.5 Å². The smallest absolute Gasteiger partial charge is 0.249 e. The minimum Gasteiger partial charge on any atom is -0.445 e. The zero-order valence-electron chi connectivity index (χ0n) is 12.3. The number of hydrogen-bond acceptors (Lipinski definition) is 5. The van der Waals surface area contributed by atoms with Crippen molar-refractivity contribution in [1.29, 1.82) is 0 Å². The summed E-state index contributed by atoms with van der Waals surface area (Å²) in [5, 5.41) is -0.0377. The Kier molecular flexibility index (Phi) is 3.02. The first kappa shape index (κ1) is 14.0. The minimum atomic E-state index is -3.67. The van der Waals surface area contributed by atoms with Gasteiger partial charge in [-0.25, -0.2) is 8.42 Å². The standard InChI is InChI=1S/C15H18N2O3S/c1-4-11-13(16)14-15(20-11)21(18,19)12-8-6-5-7-10(12)17(14)9(2)3/h5-9H,4,16H2,1-3H3. The highest BCUT2D eigenvalue weighted by Crippen LogP contribution is 2.50. The van der Waals surface area contributed by atoms with Crippen molar-refractivity contribution in [3.8, 4) is 0 Å². The number of para-hydroxylation sites is 1. The summed E-state index contributed by atoms with van der Waals surface area (Å²) >= 11 is 0. The Hall–Kier alpha value is -1.95. The highest BCUT2D eigenvalue weighted by molar-refractivity contribution is 7.91. The largest absolute Gasteiger partial charge is 0.445 e. The molecule has 2 aromatic rings. The molecular weight excluding hydrogens is 288 g/mol. The Morgan fingerprint density at radius 2 is 1.95 bits per heavy atom. The fourth-order valence-corrected chi connectivity index (χ4v) is 4.34. The second-order valence-electron chi connectivity index (χ2n) is 5.36. The predicted octanol–water partition coefficient (Wildman–Crippen LogP) is 3.12. The molecule has 0 amide bonds. The van der Waals surface area contributed by atoms with E-state index < -0.39 is 9.84 Å². The van der Waals surface area contributed by atoms with Gasteiger partial charge >= 0.3 is 0 Å². The average molecular weight is 306 g/mol. The third kappa shape index (κ3) is 1.78. The summed E-state index contributed by atoms with van der Waals surface area (Å²) in [5.74, 6) is 0.516. The number of nitrogens with zero attached hydrogens (tertiary/aromatic N) is 1. The highest BCUT2D eigenvalue weighted by atomic mass is 32.2. The van der Waals surface area contributed by atoms with E-state index in [0.717, 1.165) is 0 Å². The summed E-state index contributed by atoms with van der Waals surface area (Å²) in [4.78, 5) is 2.20. The molecule has 2 N–H and O–H groups in total. The Labute approximate surface area is 124 Å². The first-order valence-corrected chi connectivity index (χ1v) is 8.42. The molecular formula is C15H18N2O3S. The van der Waals surface area contributed by atoms with Crippen LogP contribution in [0.3, 0.4) is 0 Å². The molecule has 6 heteroatoms. The van der Waals surface area contributed by atoms with E-state index in [0.29, 0.717) is 29.2 Å². The van der Waals surface area contributed by atoms with Gasteiger partial charge in [-0.05, 0) is 26.0 Å². The van der Waals surface area contributed by atoms with Crippen LogP contribution in [0.4, 0.5) is 17.1 Å². The number of furan rings is 1. The molecule has 5 nitrogen and oxygen atoms in total. The fourth-order valence-electron chi connectivity index (χ4n) is 2.77. The predicted molar refractivity (Wildman–Crippen MR) is 81.7 cm³/mol. The zero-order chi connectivity index (χ0) is 15.4. The maximum absolute atomic E-state index is 12.8. The van der Waals surface area contributed by atoms with Crippen LogP contribution in [0.25, 0.3) is 0 Å². The van der Waals surface area contributed by atoms with Crippen molar-refractivity contribution in [1.82, 2.24) is 0 Å². The molecule has 0 saturated carbocycles. The van der Waals surface area contributed by atoms with Gasteiger partial charge in [0.25, 0.3) is 0 Å². The van der Waals surface area contributed by atoms with Crippen LogP contribution < -0.4 is 10.6 Å². The summed E-state index contributed by atoms with van der Waals surface area (Å²) in [5.41, 5.74) is 7.68. The van der Waals surface area contributed by atoms with Crippen molar-refractivity contribution < 1.29 is 12.8 Å². The van der Waals surface area contributed by atoms with Gasteiger partial charge in [-0.1, -0.05) is 19.1 Å². The number of anilines is 3. The molecule has 0 fully saturated rings. The Bertz CT molecular complexity index is 806. The number of benzene rings is 1. The summed E-state index contributed by atoms with van der Waals surface area (Å²) in [7, 11) is -3.67. The molecule has 0 atom stereocenters. The Morgan fingerprint density at radius 1 is 1.29 bits per heavy atom. The topological polar surface area (TPSA) is 76.5 Å². The number of nitrogens with two attached hydrogens (primary N) is 1. The molecule has 1 aromatic carbocycles. The van der Waals surface area contributed by atoms with Crippen molar-refractivity contribution in [2.45, 2.75) is 43.2 Å². The Morgan fingerprint density at radius 3 is 2.57 bits per heavy atom. The molecule has 0 unspecified atom stereocenters. The molecule has 1 aliphatic heterocycles. The first-order chi connectivity index (χ1) is 9.89. The second kappa shape index (κ2) is 4.53. The van der Waals surface area contributed by atoms with Crippen molar-refractivity contribution >= 4 is 26.9 Å². The van der Waals surface area contributed by atoms with Crippen molar-refractivity contribution in [3.05, 3.63) is 30.0 Å². The molecule has 2 heterocycles. The molecule has 3 rings (SSSR count). The van der Waals surface area contributed by atoms with E-state index in [9.17, 15) is 8.42 Å². The third-order valence-corrected chi connectivity index (χ3v) is 5.39. The number of aryl methyl sites for hydroxylation is 1. The molecule has 0 aliphatic carbocycles. The molecule has 21 heavy (non-hydrogen) atoms. The van der Waals surface area contributed by atoms with Crippen LogP contribution in [-0.2, 0) is 16.3 Å². The van der Waals surface area contributed by atoms with Crippen LogP contribution >= 0.6 is 0 Å². The van der Waals surface area contributed by atoms with Gasteiger partial charge in [0.05, 0.1) is 16.3 Å². The van der Waals surface area contributed by atoms with Crippen molar-refractivity contribution in [2.24, 2.45) is 0 Å². The lowest BCUT2D eigenvalue weighted by Crippen LogP contribution is -2.31. The third-order valence-electron chi connectivity index (χ3n) is 3.70. The van der Waals surface area contributed by atoms with E-state index in [1.165, 1.54) is 0 Å². The summed E-state index contributed by atoms with van der Waals surface area (Å²) in [6.07, 6.45) is 0.552. The molecule has 0 saturated heterocycles. The normalized spacial score (nSPS) is 15.9. The Balaban J connectivity index is 2.42. The maximum Gasteiger partial charge on any atom is 0.249 e. The van der Waals surface area contributed by atoms with Crippen LogP contribution in [-0.4, -0.2) is 14.5 Å². The molecule has 0 radical (unpaired) electrons. The minimum absolute atomic E-state index is 0.0377. The summed E-state index contributed by atoms with van der Waals surface area (Å²) in [6, 6.07) is 7.00. The van der Waals surface area contributed by atoms with Gasteiger partial charge in [0, 0.05) is 12.5 Å².